The average Bonchev–Trinajstić information content (AvgIpc) is 3.52. The van der Waals surface area contributed by atoms with Crippen LogP contribution in [-0.4, -0.2) is 0 Å². The van der Waals surface area contributed by atoms with Gasteiger partial charge in [-0.25, -0.2) is 0 Å². The Morgan fingerprint density at radius 2 is 0.623 bits per heavy atom. The molecule has 2 spiro atoms. The largest absolute Gasteiger partial charge is 0.310 e. The molecule has 4 aliphatic rings. The van der Waals surface area contributed by atoms with Crippen molar-refractivity contribution in [2.45, 2.75) is 10.8 Å². The first-order valence-electron chi connectivity index (χ1n) is 26.8. The van der Waals surface area contributed by atoms with Crippen molar-refractivity contribution in [1.82, 2.24) is 0 Å². The Balaban J connectivity index is 0.973. The van der Waals surface area contributed by atoms with Crippen molar-refractivity contribution < 1.29 is 0 Å². The van der Waals surface area contributed by atoms with Gasteiger partial charge in [-0.2, -0.15) is 0 Å². The molecule has 0 bridgehead atoms. The zero-order chi connectivity index (χ0) is 50.7. The van der Waals surface area contributed by atoms with Gasteiger partial charge in [-0.15, -0.1) is 0 Å². The van der Waals surface area contributed by atoms with Gasteiger partial charge >= 0.3 is 0 Å². The molecule has 12 aromatic rings. The highest BCUT2D eigenvalue weighted by molar-refractivity contribution is 6.03. The maximum atomic E-state index is 2.55. The SMILES string of the molecule is c1ccc(-c2ccc(N(c3ccc4c(c3)C3(c5ccccc5-4)c4ccccc4N(c4ccccc4)c4ccccc43)c3cccc4c3-c3ccccc3C43c4ccccc4N(c4ccccc4)c4ccccc43)cc2)cc1. The van der Waals surface area contributed by atoms with E-state index in [0.717, 1.165) is 28.4 Å². The van der Waals surface area contributed by atoms with Crippen molar-refractivity contribution in [3.05, 3.63) is 342 Å². The second-order valence-corrected chi connectivity index (χ2v) is 20.7. The van der Waals surface area contributed by atoms with Crippen LogP contribution in [0.2, 0.25) is 0 Å². The van der Waals surface area contributed by atoms with E-state index in [1.54, 1.807) is 0 Å². The third-order valence-electron chi connectivity index (χ3n) is 17.0. The lowest BCUT2D eigenvalue weighted by Crippen LogP contribution is -2.36. The van der Waals surface area contributed by atoms with Crippen LogP contribution in [0.25, 0.3) is 33.4 Å². The van der Waals surface area contributed by atoms with Crippen LogP contribution in [0.3, 0.4) is 0 Å². The average molecular weight is 980 g/mol. The maximum Gasteiger partial charge on any atom is 0.0755 e. The van der Waals surface area contributed by atoms with Gasteiger partial charge in [-0.05, 0) is 151 Å². The third kappa shape index (κ3) is 5.97. The summed E-state index contributed by atoms with van der Waals surface area (Å²) in [6.45, 7) is 0. The van der Waals surface area contributed by atoms with Crippen molar-refractivity contribution in [2.24, 2.45) is 0 Å². The third-order valence-corrected chi connectivity index (χ3v) is 17.0. The summed E-state index contributed by atoms with van der Waals surface area (Å²) in [7, 11) is 0. The number of anilines is 9. The van der Waals surface area contributed by atoms with Crippen LogP contribution in [0, 0.1) is 0 Å². The molecule has 0 fully saturated rings. The van der Waals surface area contributed by atoms with Gasteiger partial charge in [0.15, 0.2) is 0 Å². The Kier molecular flexibility index (Phi) is 9.47. The molecule has 3 heteroatoms. The number of hydrogen-bond donors (Lipinski definition) is 0. The smallest absolute Gasteiger partial charge is 0.0755 e. The summed E-state index contributed by atoms with van der Waals surface area (Å²) in [5.41, 5.74) is 26.6. The predicted molar refractivity (Wildman–Crippen MR) is 318 cm³/mol. The summed E-state index contributed by atoms with van der Waals surface area (Å²) in [6, 6.07) is 111. The van der Waals surface area contributed by atoms with Crippen molar-refractivity contribution in [3.63, 3.8) is 0 Å². The van der Waals surface area contributed by atoms with E-state index in [0.29, 0.717) is 0 Å². The monoisotopic (exact) mass is 979 g/mol. The summed E-state index contributed by atoms with van der Waals surface area (Å²) < 4.78 is 0. The van der Waals surface area contributed by atoms with Gasteiger partial charge in [0.1, 0.15) is 0 Å². The summed E-state index contributed by atoms with van der Waals surface area (Å²) in [5, 5.41) is 0. The zero-order valence-corrected chi connectivity index (χ0v) is 42.1. The van der Waals surface area contributed by atoms with E-state index in [9.17, 15) is 0 Å². The molecule has 2 aliphatic carbocycles. The van der Waals surface area contributed by atoms with Crippen LogP contribution < -0.4 is 14.7 Å². The van der Waals surface area contributed by atoms with Gasteiger partial charge in [-0.3, -0.25) is 0 Å². The number of benzene rings is 12. The Hall–Kier alpha value is -9.96. The minimum Gasteiger partial charge on any atom is -0.310 e. The van der Waals surface area contributed by atoms with Crippen LogP contribution in [0.4, 0.5) is 51.2 Å². The molecule has 16 rings (SSSR count). The van der Waals surface area contributed by atoms with Crippen molar-refractivity contribution in [1.29, 1.82) is 0 Å². The first-order valence-corrected chi connectivity index (χ1v) is 26.8. The van der Waals surface area contributed by atoms with E-state index in [-0.39, 0.29) is 0 Å². The van der Waals surface area contributed by atoms with Crippen molar-refractivity contribution >= 4 is 51.2 Å². The number of nitrogens with zero attached hydrogens (tertiary/aromatic N) is 3. The molecule has 360 valence electrons. The second kappa shape index (κ2) is 16.8. The van der Waals surface area contributed by atoms with Gasteiger partial charge in [0.05, 0.1) is 39.3 Å². The molecular formula is C74H49N3. The summed E-state index contributed by atoms with van der Waals surface area (Å²) >= 11 is 0. The highest BCUT2D eigenvalue weighted by atomic mass is 15.2. The Morgan fingerprint density at radius 1 is 0.247 bits per heavy atom. The van der Waals surface area contributed by atoms with E-state index < -0.39 is 10.8 Å². The molecular weight excluding hydrogens is 931 g/mol. The van der Waals surface area contributed by atoms with Crippen LogP contribution in [-0.2, 0) is 10.8 Å². The highest BCUT2D eigenvalue weighted by Gasteiger charge is 2.54. The number of para-hydroxylation sites is 6. The number of hydrogen-bond acceptors (Lipinski definition) is 3. The fraction of sp³-hybridized carbons (Fsp3) is 0.0270. The molecule has 0 unspecified atom stereocenters. The lowest BCUT2D eigenvalue weighted by molar-refractivity contribution is 0.752. The van der Waals surface area contributed by atoms with E-state index in [4.69, 9.17) is 0 Å². The molecule has 12 aromatic carbocycles. The van der Waals surface area contributed by atoms with Crippen LogP contribution in [0.1, 0.15) is 44.5 Å². The van der Waals surface area contributed by atoms with Crippen LogP contribution >= 0.6 is 0 Å². The van der Waals surface area contributed by atoms with Gasteiger partial charge < -0.3 is 14.7 Å². The molecule has 0 N–H and O–H groups in total. The van der Waals surface area contributed by atoms with Crippen LogP contribution in [0.15, 0.2) is 297 Å². The summed E-state index contributed by atoms with van der Waals surface area (Å²) in [4.78, 5) is 7.47. The fourth-order valence-corrected chi connectivity index (χ4v) is 14.1. The number of rotatable bonds is 6. The van der Waals surface area contributed by atoms with E-state index >= 15 is 0 Å². The molecule has 0 aromatic heterocycles. The first-order chi connectivity index (χ1) is 38.2. The quantitative estimate of drug-likeness (QED) is 0.164. The van der Waals surface area contributed by atoms with Crippen LogP contribution in [0.5, 0.6) is 0 Å². The molecule has 0 saturated carbocycles. The number of fused-ring (bicyclic) bond motifs is 18. The molecule has 0 amide bonds. The first kappa shape index (κ1) is 43.4. The van der Waals surface area contributed by atoms with Crippen molar-refractivity contribution in [2.75, 3.05) is 14.7 Å². The van der Waals surface area contributed by atoms with Gasteiger partial charge in [0, 0.05) is 28.3 Å². The molecule has 2 heterocycles. The molecule has 0 saturated heterocycles. The van der Waals surface area contributed by atoms with Crippen molar-refractivity contribution in [3.8, 4) is 33.4 Å². The highest BCUT2D eigenvalue weighted by Crippen LogP contribution is 2.67. The minimum atomic E-state index is -0.626. The molecule has 77 heavy (non-hydrogen) atoms. The fourth-order valence-electron chi connectivity index (χ4n) is 14.1. The summed E-state index contributed by atoms with van der Waals surface area (Å²) in [5.74, 6) is 0. The Morgan fingerprint density at radius 3 is 1.16 bits per heavy atom. The molecule has 3 nitrogen and oxygen atoms in total. The van der Waals surface area contributed by atoms with Gasteiger partial charge in [0.2, 0.25) is 0 Å². The summed E-state index contributed by atoms with van der Waals surface area (Å²) in [6.07, 6.45) is 0. The maximum absolute atomic E-state index is 2.55. The predicted octanol–water partition coefficient (Wildman–Crippen LogP) is 19.1. The molecule has 0 radical (unpaired) electrons. The Labute approximate surface area is 449 Å². The minimum absolute atomic E-state index is 0.618. The van der Waals surface area contributed by atoms with E-state index in [1.807, 2.05) is 0 Å². The lowest BCUT2D eigenvalue weighted by atomic mass is 9.64. The van der Waals surface area contributed by atoms with Gasteiger partial charge in [0.25, 0.3) is 0 Å². The molecule has 2 aliphatic heterocycles. The van der Waals surface area contributed by atoms with E-state index in [1.165, 1.54) is 101 Å². The van der Waals surface area contributed by atoms with Gasteiger partial charge in [-0.1, -0.05) is 218 Å². The lowest BCUT2D eigenvalue weighted by Gasteiger charge is -2.45. The normalized spacial score (nSPS) is 14.1. The second-order valence-electron chi connectivity index (χ2n) is 20.7. The molecule has 0 atom stereocenters. The topological polar surface area (TPSA) is 9.72 Å². The Bertz CT molecular complexity index is 4200. The zero-order valence-electron chi connectivity index (χ0n) is 42.1. The van der Waals surface area contributed by atoms with E-state index in [2.05, 4.69) is 312 Å². The standard InChI is InChI=1S/C74H49N3/c1-4-23-50(24-5-1)51-43-45-54(46-44-51)75(55-47-48-57-56-29-10-12-31-59(56)74(66(57)49-55)63-35-16-20-40-69(63)77(53-27-8-3-9-28-53)70-41-21-17-36-64(70)74)71-42-22-37-65-72(71)58-30-11-13-32-60(58)73(65)61-33-14-18-38-67(61)76(52-25-6-2-7-26-52)68-39-19-15-34-62(68)73/h1-49H.